The molecule has 1 aliphatic rings. The highest BCUT2D eigenvalue weighted by Gasteiger charge is 2.30. The molecular weight excluding hydrogens is 291 g/mol. The lowest BCUT2D eigenvalue weighted by Crippen LogP contribution is -2.46. The number of hydrogen-bond donors (Lipinski definition) is 0. The summed E-state index contributed by atoms with van der Waals surface area (Å²) in [5.41, 5.74) is 0.118. The van der Waals surface area contributed by atoms with Crippen LogP contribution in [0.1, 0.15) is 24.0 Å². The normalized spacial score (nSPS) is 17.4. The fraction of sp³-hybridized carbons (Fsp3) is 0.562. The zero-order valence-corrected chi connectivity index (χ0v) is 12.4. The van der Waals surface area contributed by atoms with Gasteiger partial charge in [-0.05, 0) is 24.6 Å². The van der Waals surface area contributed by atoms with Crippen molar-refractivity contribution in [3.05, 3.63) is 35.4 Å². The summed E-state index contributed by atoms with van der Waals surface area (Å²) in [5.74, 6) is 0. The van der Waals surface area contributed by atoms with Crippen LogP contribution >= 0.6 is 0 Å². The topological polar surface area (TPSA) is 30.3 Å². The van der Waals surface area contributed by atoms with Gasteiger partial charge < -0.3 is 4.90 Å². The first-order valence-electron chi connectivity index (χ1n) is 7.47. The molecule has 3 nitrogen and oxygen atoms in total. The molecule has 0 radical (unpaired) electrons. The van der Waals surface area contributed by atoms with Gasteiger partial charge in [0.1, 0.15) is 0 Å². The van der Waals surface area contributed by atoms with Crippen molar-refractivity contribution >= 4 is 0 Å². The standard InChI is InChI=1S/C16H20F3N3/c17-16(18,19)15-5-3-4-14(12-15)13-22-10-8-21(9-11-22)7-2-1-6-20/h3-5,12H,1-2,7-11,13H2. The molecule has 1 heterocycles. The van der Waals surface area contributed by atoms with E-state index in [2.05, 4.69) is 15.9 Å². The van der Waals surface area contributed by atoms with Crippen LogP contribution in [0.15, 0.2) is 24.3 Å². The first-order valence-corrected chi connectivity index (χ1v) is 7.47. The second-order valence-corrected chi connectivity index (χ2v) is 5.58. The van der Waals surface area contributed by atoms with Crippen molar-refractivity contribution in [2.24, 2.45) is 0 Å². The quantitative estimate of drug-likeness (QED) is 0.783. The molecule has 120 valence electrons. The molecule has 0 atom stereocenters. The number of nitrogens with zero attached hydrogens (tertiary/aromatic N) is 3. The Labute approximate surface area is 128 Å². The van der Waals surface area contributed by atoms with Crippen molar-refractivity contribution in [3.8, 4) is 6.07 Å². The Hall–Kier alpha value is -1.58. The summed E-state index contributed by atoms with van der Waals surface area (Å²) in [6.07, 6.45) is -2.83. The Morgan fingerprint density at radius 3 is 2.41 bits per heavy atom. The number of hydrogen-bond acceptors (Lipinski definition) is 3. The summed E-state index contributed by atoms with van der Waals surface area (Å²) in [5, 5.41) is 8.52. The van der Waals surface area contributed by atoms with Gasteiger partial charge in [-0.25, -0.2) is 0 Å². The van der Waals surface area contributed by atoms with E-state index in [9.17, 15) is 13.2 Å². The lowest BCUT2D eigenvalue weighted by Gasteiger charge is -2.34. The van der Waals surface area contributed by atoms with E-state index in [4.69, 9.17) is 5.26 Å². The van der Waals surface area contributed by atoms with Gasteiger partial charge in [0.2, 0.25) is 0 Å². The van der Waals surface area contributed by atoms with Gasteiger partial charge in [-0.3, -0.25) is 4.90 Å². The minimum absolute atomic E-state index is 0.552. The molecule has 0 spiro atoms. The summed E-state index contributed by atoms with van der Waals surface area (Å²) >= 11 is 0. The number of halogens is 3. The number of nitriles is 1. The Balaban J connectivity index is 1.82. The number of alkyl halides is 3. The third-order valence-corrected chi connectivity index (χ3v) is 3.89. The van der Waals surface area contributed by atoms with Crippen LogP contribution in [-0.4, -0.2) is 42.5 Å². The molecule has 1 fully saturated rings. The Kier molecular flexibility index (Phi) is 5.81. The Morgan fingerprint density at radius 1 is 1.09 bits per heavy atom. The van der Waals surface area contributed by atoms with E-state index < -0.39 is 11.7 Å². The van der Waals surface area contributed by atoms with Crippen molar-refractivity contribution in [2.75, 3.05) is 32.7 Å². The largest absolute Gasteiger partial charge is 0.416 e. The Bertz CT molecular complexity index is 514. The van der Waals surface area contributed by atoms with Crippen LogP contribution in [0.5, 0.6) is 0 Å². The van der Waals surface area contributed by atoms with E-state index in [-0.39, 0.29) is 0 Å². The maximum Gasteiger partial charge on any atom is 0.416 e. The first kappa shape index (κ1) is 16.8. The summed E-state index contributed by atoms with van der Waals surface area (Å²) < 4.78 is 38.1. The van der Waals surface area contributed by atoms with Gasteiger partial charge in [-0.15, -0.1) is 0 Å². The molecule has 1 saturated heterocycles. The molecule has 1 aliphatic heterocycles. The predicted molar refractivity (Wildman–Crippen MR) is 78.0 cm³/mol. The van der Waals surface area contributed by atoms with Crippen LogP contribution in [0.2, 0.25) is 0 Å². The average molecular weight is 311 g/mol. The van der Waals surface area contributed by atoms with E-state index in [0.29, 0.717) is 18.5 Å². The molecule has 0 bridgehead atoms. The zero-order valence-electron chi connectivity index (χ0n) is 12.4. The van der Waals surface area contributed by atoms with Crippen LogP contribution in [0.4, 0.5) is 13.2 Å². The van der Waals surface area contributed by atoms with E-state index in [0.717, 1.165) is 45.2 Å². The summed E-state index contributed by atoms with van der Waals surface area (Å²) in [4.78, 5) is 4.48. The van der Waals surface area contributed by atoms with Crippen LogP contribution in [-0.2, 0) is 12.7 Å². The van der Waals surface area contributed by atoms with E-state index in [1.807, 2.05) is 0 Å². The highest BCUT2D eigenvalue weighted by molar-refractivity contribution is 5.25. The first-order chi connectivity index (χ1) is 10.5. The molecule has 0 N–H and O–H groups in total. The van der Waals surface area contributed by atoms with E-state index in [1.165, 1.54) is 12.1 Å². The summed E-state index contributed by atoms with van der Waals surface area (Å²) in [7, 11) is 0. The smallest absolute Gasteiger partial charge is 0.301 e. The van der Waals surface area contributed by atoms with Gasteiger partial charge in [0, 0.05) is 39.1 Å². The second-order valence-electron chi connectivity index (χ2n) is 5.58. The van der Waals surface area contributed by atoms with E-state index in [1.54, 1.807) is 6.07 Å². The molecule has 0 unspecified atom stereocenters. The van der Waals surface area contributed by atoms with Gasteiger partial charge >= 0.3 is 6.18 Å². The maximum atomic E-state index is 12.7. The lowest BCUT2D eigenvalue weighted by molar-refractivity contribution is -0.137. The van der Waals surface area contributed by atoms with Crippen molar-refractivity contribution in [2.45, 2.75) is 25.6 Å². The zero-order chi connectivity index (χ0) is 16.0. The third kappa shape index (κ3) is 5.00. The molecule has 0 aliphatic carbocycles. The molecule has 2 rings (SSSR count). The molecule has 1 aromatic rings. The SMILES string of the molecule is N#CCCCN1CCN(Cc2cccc(C(F)(F)F)c2)CC1. The third-order valence-electron chi connectivity index (χ3n) is 3.89. The molecule has 6 heteroatoms. The van der Waals surface area contributed by atoms with Crippen molar-refractivity contribution < 1.29 is 13.2 Å². The molecule has 0 aromatic heterocycles. The molecule has 0 amide bonds. The van der Waals surface area contributed by atoms with Crippen LogP contribution < -0.4 is 0 Å². The number of rotatable bonds is 5. The highest BCUT2D eigenvalue weighted by atomic mass is 19.4. The van der Waals surface area contributed by atoms with Crippen LogP contribution in [0.25, 0.3) is 0 Å². The predicted octanol–water partition coefficient (Wildman–Crippen LogP) is 3.13. The number of benzene rings is 1. The minimum atomic E-state index is -4.28. The maximum absolute atomic E-state index is 12.7. The lowest BCUT2D eigenvalue weighted by atomic mass is 10.1. The molecular formula is C16H20F3N3. The van der Waals surface area contributed by atoms with Crippen LogP contribution in [0.3, 0.4) is 0 Å². The second kappa shape index (κ2) is 7.61. The summed E-state index contributed by atoms with van der Waals surface area (Å²) in [6.45, 7) is 4.99. The summed E-state index contributed by atoms with van der Waals surface area (Å²) in [6, 6.07) is 7.69. The van der Waals surface area contributed by atoms with E-state index >= 15 is 0 Å². The average Bonchev–Trinajstić information content (AvgIpc) is 2.49. The van der Waals surface area contributed by atoms with Gasteiger partial charge in [-0.2, -0.15) is 18.4 Å². The number of unbranched alkanes of at least 4 members (excludes halogenated alkanes) is 1. The van der Waals surface area contributed by atoms with Gasteiger partial charge in [0.15, 0.2) is 0 Å². The minimum Gasteiger partial charge on any atom is -0.301 e. The van der Waals surface area contributed by atoms with Gasteiger partial charge in [0.05, 0.1) is 11.6 Å². The van der Waals surface area contributed by atoms with Gasteiger partial charge in [0.25, 0.3) is 0 Å². The van der Waals surface area contributed by atoms with Crippen LogP contribution in [0, 0.1) is 11.3 Å². The molecule has 1 aromatic carbocycles. The van der Waals surface area contributed by atoms with Crippen molar-refractivity contribution in [3.63, 3.8) is 0 Å². The molecule has 22 heavy (non-hydrogen) atoms. The van der Waals surface area contributed by atoms with Crippen molar-refractivity contribution in [1.29, 1.82) is 5.26 Å². The monoisotopic (exact) mass is 311 g/mol. The highest BCUT2D eigenvalue weighted by Crippen LogP contribution is 2.29. The fourth-order valence-corrected chi connectivity index (χ4v) is 2.66. The molecule has 0 saturated carbocycles. The Morgan fingerprint density at radius 2 is 1.77 bits per heavy atom. The fourth-order valence-electron chi connectivity index (χ4n) is 2.66. The van der Waals surface area contributed by atoms with Crippen molar-refractivity contribution in [1.82, 2.24) is 9.80 Å². The number of piperazine rings is 1. The van der Waals surface area contributed by atoms with Gasteiger partial charge in [-0.1, -0.05) is 18.2 Å².